The summed E-state index contributed by atoms with van der Waals surface area (Å²) < 4.78 is 5.41. The minimum atomic E-state index is 0.524. The molecule has 0 radical (unpaired) electrons. The standard InChI is InChI=1S/C15H32N2O/c1-12(2)9-16-10-15(11-18-5)17-7-6-13(3)8-14(17)4/h12-16H,6-11H2,1-5H3. The van der Waals surface area contributed by atoms with Crippen LogP contribution >= 0.6 is 0 Å². The van der Waals surface area contributed by atoms with Gasteiger partial charge in [-0.15, -0.1) is 0 Å². The highest BCUT2D eigenvalue weighted by molar-refractivity contribution is 4.84. The van der Waals surface area contributed by atoms with Crippen molar-refractivity contribution in [2.45, 2.75) is 52.6 Å². The summed E-state index contributed by atoms with van der Waals surface area (Å²) in [6.07, 6.45) is 2.65. The summed E-state index contributed by atoms with van der Waals surface area (Å²) in [6.45, 7) is 13.4. The molecule has 3 unspecified atom stereocenters. The van der Waals surface area contributed by atoms with E-state index in [4.69, 9.17) is 4.74 Å². The van der Waals surface area contributed by atoms with E-state index in [0.29, 0.717) is 18.0 Å². The van der Waals surface area contributed by atoms with E-state index in [1.165, 1.54) is 19.4 Å². The number of piperidine rings is 1. The molecule has 1 aliphatic rings. The van der Waals surface area contributed by atoms with Crippen LogP contribution in [0.1, 0.15) is 40.5 Å². The third-order valence-corrected chi connectivity index (χ3v) is 3.95. The zero-order chi connectivity index (χ0) is 13.5. The molecule has 0 aromatic carbocycles. The zero-order valence-corrected chi connectivity index (χ0v) is 12.9. The Morgan fingerprint density at radius 1 is 1.28 bits per heavy atom. The molecule has 1 saturated heterocycles. The van der Waals surface area contributed by atoms with Gasteiger partial charge in [-0.3, -0.25) is 4.90 Å². The Morgan fingerprint density at radius 2 is 2.00 bits per heavy atom. The maximum Gasteiger partial charge on any atom is 0.0630 e. The van der Waals surface area contributed by atoms with Gasteiger partial charge in [0.25, 0.3) is 0 Å². The molecule has 108 valence electrons. The minimum absolute atomic E-state index is 0.524. The van der Waals surface area contributed by atoms with Crippen LogP contribution in [0.2, 0.25) is 0 Å². The SMILES string of the molecule is COCC(CNCC(C)C)N1CCC(C)CC1C. The number of methoxy groups -OCH3 is 1. The van der Waals surface area contributed by atoms with Gasteiger partial charge in [-0.1, -0.05) is 20.8 Å². The maximum absolute atomic E-state index is 5.41. The van der Waals surface area contributed by atoms with E-state index < -0.39 is 0 Å². The van der Waals surface area contributed by atoms with E-state index in [1.54, 1.807) is 0 Å². The summed E-state index contributed by atoms with van der Waals surface area (Å²) in [4.78, 5) is 2.64. The number of hydrogen-bond acceptors (Lipinski definition) is 3. The molecule has 3 atom stereocenters. The molecular formula is C15H32N2O. The number of rotatable bonds is 7. The predicted molar refractivity (Wildman–Crippen MR) is 77.9 cm³/mol. The lowest BCUT2D eigenvalue weighted by molar-refractivity contribution is 0.0338. The molecule has 0 spiro atoms. The van der Waals surface area contributed by atoms with Crippen LogP contribution in [0, 0.1) is 11.8 Å². The molecule has 0 bridgehead atoms. The molecule has 1 aliphatic heterocycles. The normalized spacial score (nSPS) is 27.7. The van der Waals surface area contributed by atoms with Gasteiger partial charge >= 0.3 is 0 Å². The Kier molecular flexibility index (Phi) is 7.20. The number of nitrogens with zero attached hydrogens (tertiary/aromatic N) is 1. The molecule has 1 fully saturated rings. The van der Waals surface area contributed by atoms with Crippen LogP contribution in [0.3, 0.4) is 0 Å². The van der Waals surface area contributed by atoms with Crippen LogP contribution in [0.15, 0.2) is 0 Å². The highest BCUT2D eigenvalue weighted by Crippen LogP contribution is 2.23. The molecule has 0 aromatic heterocycles. The van der Waals surface area contributed by atoms with Crippen LogP contribution in [0.5, 0.6) is 0 Å². The lowest BCUT2D eigenvalue weighted by Gasteiger charge is -2.41. The lowest BCUT2D eigenvalue weighted by atomic mass is 9.92. The molecule has 1 heterocycles. The minimum Gasteiger partial charge on any atom is -0.383 e. The molecule has 0 aliphatic carbocycles. The second-order valence-corrected chi connectivity index (χ2v) is 6.38. The van der Waals surface area contributed by atoms with Crippen LogP contribution < -0.4 is 5.32 Å². The maximum atomic E-state index is 5.41. The van der Waals surface area contributed by atoms with Crippen molar-refractivity contribution in [3.63, 3.8) is 0 Å². The Balaban J connectivity index is 2.44. The third kappa shape index (κ3) is 5.25. The summed E-state index contributed by atoms with van der Waals surface area (Å²) in [5.41, 5.74) is 0. The first-order valence-electron chi connectivity index (χ1n) is 7.50. The zero-order valence-electron chi connectivity index (χ0n) is 12.9. The molecule has 3 heteroatoms. The van der Waals surface area contributed by atoms with Gasteiger partial charge in [0.05, 0.1) is 6.61 Å². The fourth-order valence-corrected chi connectivity index (χ4v) is 2.97. The van der Waals surface area contributed by atoms with E-state index in [-0.39, 0.29) is 0 Å². The average molecular weight is 256 g/mol. The van der Waals surface area contributed by atoms with Crippen molar-refractivity contribution in [1.29, 1.82) is 0 Å². The van der Waals surface area contributed by atoms with Crippen LogP contribution in [0.4, 0.5) is 0 Å². The summed E-state index contributed by atoms with van der Waals surface area (Å²) in [5, 5.41) is 3.58. The smallest absolute Gasteiger partial charge is 0.0630 e. The fraction of sp³-hybridized carbons (Fsp3) is 1.00. The second-order valence-electron chi connectivity index (χ2n) is 6.38. The van der Waals surface area contributed by atoms with Crippen molar-refractivity contribution in [2.24, 2.45) is 11.8 Å². The van der Waals surface area contributed by atoms with Crippen molar-refractivity contribution in [3.05, 3.63) is 0 Å². The highest BCUT2D eigenvalue weighted by atomic mass is 16.5. The fourth-order valence-electron chi connectivity index (χ4n) is 2.97. The van der Waals surface area contributed by atoms with Gasteiger partial charge in [0.1, 0.15) is 0 Å². The monoisotopic (exact) mass is 256 g/mol. The van der Waals surface area contributed by atoms with Crippen molar-refractivity contribution >= 4 is 0 Å². The van der Waals surface area contributed by atoms with E-state index >= 15 is 0 Å². The van der Waals surface area contributed by atoms with Gasteiger partial charge < -0.3 is 10.1 Å². The summed E-state index contributed by atoms with van der Waals surface area (Å²) in [7, 11) is 1.81. The number of nitrogens with one attached hydrogen (secondary N) is 1. The quantitative estimate of drug-likeness (QED) is 0.757. The van der Waals surface area contributed by atoms with Gasteiger partial charge in [-0.05, 0) is 44.7 Å². The van der Waals surface area contributed by atoms with Crippen LogP contribution in [-0.4, -0.2) is 50.3 Å². The molecule has 0 saturated carbocycles. The molecule has 1 N–H and O–H groups in total. The first kappa shape index (κ1) is 15.9. The highest BCUT2D eigenvalue weighted by Gasteiger charge is 2.28. The summed E-state index contributed by atoms with van der Waals surface area (Å²) in [5.74, 6) is 1.59. The molecule has 0 amide bonds. The lowest BCUT2D eigenvalue weighted by Crippen LogP contribution is -2.52. The number of ether oxygens (including phenoxy) is 1. The first-order chi connectivity index (χ1) is 8.54. The van der Waals surface area contributed by atoms with Gasteiger partial charge in [0.15, 0.2) is 0 Å². The molecule has 3 nitrogen and oxygen atoms in total. The summed E-state index contributed by atoms with van der Waals surface area (Å²) >= 11 is 0. The van der Waals surface area contributed by atoms with E-state index in [1.807, 2.05) is 7.11 Å². The third-order valence-electron chi connectivity index (χ3n) is 3.95. The van der Waals surface area contributed by atoms with Crippen molar-refractivity contribution < 1.29 is 4.74 Å². The van der Waals surface area contributed by atoms with Crippen LogP contribution in [0.25, 0.3) is 0 Å². The predicted octanol–water partition coefficient (Wildman–Crippen LogP) is 2.37. The van der Waals surface area contributed by atoms with Crippen LogP contribution in [-0.2, 0) is 4.74 Å². The second kappa shape index (κ2) is 8.13. The van der Waals surface area contributed by atoms with Crippen molar-refractivity contribution in [2.75, 3.05) is 33.4 Å². The Hall–Kier alpha value is -0.120. The molecular weight excluding hydrogens is 224 g/mol. The topological polar surface area (TPSA) is 24.5 Å². The Bertz CT molecular complexity index is 221. The Labute approximate surface area is 113 Å². The number of likely N-dealkylation sites (tertiary alicyclic amines) is 1. The van der Waals surface area contributed by atoms with Gasteiger partial charge in [0.2, 0.25) is 0 Å². The molecule has 18 heavy (non-hydrogen) atoms. The van der Waals surface area contributed by atoms with Crippen molar-refractivity contribution in [1.82, 2.24) is 10.2 Å². The van der Waals surface area contributed by atoms with Gasteiger partial charge in [0, 0.05) is 25.7 Å². The molecule has 1 rings (SSSR count). The van der Waals surface area contributed by atoms with E-state index in [2.05, 4.69) is 37.9 Å². The van der Waals surface area contributed by atoms with E-state index in [9.17, 15) is 0 Å². The molecule has 0 aromatic rings. The average Bonchev–Trinajstić information content (AvgIpc) is 2.28. The van der Waals surface area contributed by atoms with Gasteiger partial charge in [-0.2, -0.15) is 0 Å². The summed E-state index contributed by atoms with van der Waals surface area (Å²) in [6, 6.07) is 1.21. The first-order valence-corrected chi connectivity index (χ1v) is 7.50. The number of hydrogen-bond donors (Lipinski definition) is 1. The van der Waals surface area contributed by atoms with Crippen molar-refractivity contribution in [3.8, 4) is 0 Å². The van der Waals surface area contributed by atoms with Gasteiger partial charge in [-0.25, -0.2) is 0 Å². The largest absolute Gasteiger partial charge is 0.383 e. The Morgan fingerprint density at radius 3 is 2.56 bits per heavy atom. The van der Waals surface area contributed by atoms with E-state index in [0.717, 1.165) is 25.6 Å².